The fourth-order valence-electron chi connectivity index (χ4n) is 2.43. The van der Waals surface area contributed by atoms with Gasteiger partial charge in [-0.2, -0.15) is 13.2 Å². The van der Waals surface area contributed by atoms with Crippen LogP contribution in [0.25, 0.3) is 0 Å². The molecule has 1 atom stereocenters. The first-order valence-electron chi connectivity index (χ1n) is 6.44. The third-order valence-corrected chi connectivity index (χ3v) is 3.52. The minimum Gasteiger partial charge on any atom is -0.469 e. The van der Waals surface area contributed by atoms with Crippen LogP contribution in [0.1, 0.15) is 17.5 Å². The predicted octanol–water partition coefficient (Wildman–Crippen LogP) is 2.37. The summed E-state index contributed by atoms with van der Waals surface area (Å²) in [6.45, 7) is -0.620. The number of hydrogen-bond acceptors (Lipinski definition) is 3. The van der Waals surface area contributed by atoms with Gasteiger partial charge in [0.1, 0.15) is 5.82 Å². The minimum absolute atomic E-state index is 0.0862. The molecule has 8 heteroatoms. The van der Waals surface area contributed by atoms with Crippen LogP contribution in [0.2, 0.25) is 0 Å². The van der Waals surface area contributed by atoms with E-state index in [0.29, 0.717) is 0 Å². The molecule has 4 nitrogen and oxygen atoms in total. The van der Waals surface area contributed by atoms with Crippen LogP contribution >= 0.6 is 0 Å². The van der Waals surface area contributed by atoms with Crippen LogP contribution in [-0.4, -0.2) is 30.4 Å². The van der Waals surface area contributed by atoms with Gasteiger partial charge >= 0.3 is 12.1 Å². The molecule has 120 valence electrons. The molecule has 0 N–H and O–H groups in total. The summed E-state index contributed by atoms with van der Waals surface area (Å²) >= 11 is 0. The molecular weight excluding hydrogens is 306 g/mol. The summed E-state index contributed by atoms with van der Waals surface area (Å²) in [7, 11) is 1.16. The zero-order valence-corrected chi connectivity index (χ0v) is 11.6. The second-order valence-corrected chi connectivity index (χ2v) is 4.96. The van der Waals surface area contributed by atoms with Gasteiger partial charge in [-0.25, -0.2) is 4.39 Å². The third kappa shape index (κ3) is 3.20. The molecule has 1 saturated heterocycles. The van der Waals surface area contributed by atoms with Crippen molar-refractivity contribution in [1.29, 1.82) is 0 Å². The first-order valence-corrected chi connectivity index (χ1v) is 6.44. The van der Waals surface area contributed by atoms with Gasteiger partial charge in [-0.3, -0.25) is 9.59 Å². The first kappa shape index (κ1) is 16.3. The number of likely N-dealkylation sites (tertiary alicyclic amines) is 1. The van der Waals surface area contributed by atoms with Gasteiger partial charge < -0.3 is 9.64 Å². The molecule has 1 aliphatic rings. The molecular formula is C14H13F4NO3. The van der Waals surface area contributed by atoms with Crippen LogP contribution < -0.4 is 0 Å². The van der Waals surface area contributed by atoms with Crippen LogP contribution in [0.3, 0.4) is 0 Å². The highest BCUT2D eigenvalue weighted by atomic mass is 19.4. The number of alkyl halides is 3. The Morgan fingerprint density at radius 1 is 1.41 bits per heavy atom. The molecule has 1 aromatic carbocycles. The largest absolute Gasteiger partial charge is 0.469 e. The fraction of sp³-hybridized carbons (Fsp3) is 0.429. The Balaban J connectivity index is 2.25. The number of rotatable bonds is 3. The average molecular weight is 319 g/mol. The lowest BCUT2D eigenvalue weighted by Crippen LogP contribution is -2.28. The van der Waals surface area contributed by atoms with E-state index >= 15 is 0 Å². The highest BCUT2D eigenvalue weighted by Crippen LogP contribution is 2.34. The molecule has 1 fully saturated rings. The number of amides is 1. The Bertz CT molecular complexity index is 600. The SMILES string of the molecule is COC(=O)C1CC(=O)N(Cc2c(F)cccc2C(F)(F)F)C1. The number of esters is 1. The van der Waals surface area contributed by atoms with Crippen LogP contribution in [0.5, 0.6) is 0 Å². The fourth-order valence-corrected chi connectivity index (χ4v) is 2.43. The quantitative estimate of drug-likeness (QED) is 0.635. The van der Waals surface area contributed by atoms with Crippen molar-refractivity contribution in [2.45, 2.75) is 19.1 Å². The van der Waals surface area contributed by atoms with Gasteiger partial charge in [-0.05, 0) is 12.1 Å². The third-order valence-electron chi connectivity index (χ3n) is 3.52. The lowest BCUT2D eigenvalue weighted by Gasteiger charge is -2.20. The minimum atomic E-state index is -4.72. The molecule has 1 aromatic rings. The van der Waals surface area contributed by atoms with E-state index < -0.39 is 47.5 Å². The van der Waals surface area contributed by atoms with Gasteiger partial charge in [0.2, 0.25) is 5.91 Å². The van der Waals surface area contributed by atoms with Crippen molar-refractivity contribution in [1.82, 2.24) is 4.90 Å². The Hall–Kier alpha value is -2.12. The zero-order chi connectivity index (χ0) is 16.5. The van der Waals surface area contributed by atoms with E-state index in [1.807, 2.05) is 0 Å². The number of carbonyl (C=O) groups is 2. The van der Waals surface area contributed by atoms with Crippen molar-refractivity contribution in [3.05, 3.63) is 35.1 Å². The predicted molar refractivity (Wildman–Crippen MR) is 66.9 cm³/mol. The number of ether oxygens (including phenoxy) is 1. The van der Waals surface area contributed by atoms with E-state index in [0.717, 1.165) is 30.2 Å². The smallest absolute Gasteiger partial charge is 0.416 e. The Morgan fingerprint density at radius 2 is 2.09 bits per heavy atom. The van der Waals surface area contributed by atoms with Crippen molar-refractivity contribution in [3.8, 4) is 0 Å². The van der Waals surface area contributed by atoms with E-state index in [-0.39, 0.29) is 13.0 Å². The summed E-state index contributed by atoms with van der Waals surface area (Å²) in [5, 5.41) is 0. The number of methoxy groups -OCH3 is 1. The monoisotopic (exact) mass is 319 g/mol. The molecule has 1 amide bonds. The number of benzene rings is 1. The van der Waals surface area contributed by atoms with E-state index in [1.54, 1.807) is 0 Å². The molecule has 0 bridgehead atoms. The standard InChI is InChI=1S/C14H13F4NO3/c1-22-13(21)8-5-12(20)19(6-8)7-9-10(14(16,17)18)3-2-4-11(9)15/h2-4,8H,5-7H2,1H3. The van der Waals surface area contributed by atoms with Crippen molar-refractivity contribution >= 4 is 11.9 Å². The zero-order valence-electron chi connectivity index (χ0n) is 11.6. The molecule has 1 aliphatic heterocycles. The maximum atomic E-state index is 13.8. The second-order valence-electron chi connectivity index (χ2n) is 4.96. The summed E-state index contributed by atoms with van der Waals surface area (Å²) in [6, 6.07) is 2.63. The molecule has 1 unspecified atom stereocenters. The molecule has 0 spiro atoms. The molecule has 0 aliphatic carbocycles. The summed E-state index contributed by atoms with van der Waals surface area (Å²) < 4.78 is 57.0. The Morgan fingerprint density at radius 3 is 2.68 bits per heavy atom. The van der Waals surface area contributed by atoms with E-state index in [2.05, 4.69) is 4.74 Å². The van der Waals surface area contributed by atoms with E-state index in [4.69, 9.17) is 0 Å². The van der Waals surface area contributed by atoms with Gasteiger partial charge in [0, 0.05) is 25.1 Å². The normalized spacial score (nSPS) is 18.7. The molecule has 22 heavy (non-hydrogen) atoms. The highest BCUT2D eigenvalue weighted by molar-refractivity contribution is 5.86. The van der Waals surface area contributed by atoms with E-state index in [1.165, 1.54) is 0 Å². The van der Waals surface area contributed by atoms with Crippen LogP contribution in [-0.2, 0) is 27.0 Å². The van der Waals surface area contributed by atoms with Gasteiger partial charge in [0.25, 0.3) is 0 Å². The number of hydrogen-bond donors (Lipinski definition) is 0. The molecule has 0 aromatic heterocycles. The lowest BCUT2D eigenvalue weighted by molar-refractivity contribution is -0.145. The van der Waals surface area contributed by atoms with Gasteiger partial charge in [-0.15, -0.1) is 0 Å². The summed E-state index contributed by atoms with van der Waals surface area (Å²) in [5.41, 5.74) is -1.73. The number of halogens is 4. The maximum Gasteiger partial charge on any atom is 0.416 e. The Labute approximate surface area is 123 Å². The topological polar surface area (TPSA) is 46.6 Å². The van der Waals surface area contributed by atoms with Crippen molar-refractivity contribution < 1.29 is 31.9 Å². The summed E-state index contributed by atoms with van der Waals surface area (Å²) in [4.78, 5) is 24.2. The molecule has 1 heterocycles. The van der Waals surface area contributed by atoms with Crippen molar-refractivity contribution in [2.24, 2.45) is 5.92 Å². The Kier molecular flexibility index (Phi) is 4.39. The lowest BCUT2D eigenvalue weighted by atomic mass is 10.1. The van der Waals surface area contributed by atoms with Crippen molar-refractivity contribution in [3.63, 3.8) is 0 Å². The summed E-state index contributed by atoms with van der Waals surface area (Å²) in [6.07, 6.45) is -4.87. The summed E-state index contributed by atoms with van der Waals surface area (Å²) in [5.74, 6) is -2.89. The average Bonchev–Trinajstić information content (AvgIpc) is 2.80. The van der Waals surface area contributed by atoms with Gasteiger partial charge in [-0.1, -0.05) is 6.07 Å². The van der Waals surface area contributed by atoms with Crippen molar-refractivity contribution in [2.75, 3.05) is 13.7 Å². The van der Waals surface area contributed by atoms with Gasteiger partial charge in [0.05, 0.1) is 18.6 Å². The molecule has 2 rings (SSSR count). The molecule has 0 radical (unpaired) electrons. The number of carbonyl (C=O) groups excluding carboxylic acids is 2. The van der Waals surface area contributed by atoms with Gasteiger partial charge in [0.15, 0.2) is 0 Å². The second kappa shape index (κ2) is 5.94. The van der Waals surface area contributed by atoms with E-state index in [9.17, 15) is 27.2 Å². The highest BCUT2D eigenvalue weighted by Gasteiger charge is 2.38. The van der Waals surface area contributed by atoms with Crippen LogP contribution in [0.4, 0.5) is 17.6 Å². The van der Waals surface area contributed by atoms with Crippen LogP contribution in [0, 0.1) is 11.7 Å². The van der Waals surface area contributed by atoms with Crippen LogP contribution in [0.15, 0.2) is 18.2 Å². The molecule has 0 saturated carbocycles. The number of nitrogens with zero attached hydrogens (tertiary/aromatic N) is 1. The maximum absolute atomic E-state index is 13.8. The first-order chi connectivity index (χ1) is 10.2.